The van der Waals surface area contributed by atoms with Crippen molar-refractivity contribution in [1.29, 1.82) is 0 Å². The van der Waals surface area contributed by atoms with Crippen molar-refractivity contribution in [3.63, 3.8) is 0 Å². The van der Waals surface area contributed by atoms with Gasteiger partial charge in [0.25, 0.3) is 0 Å². The van der Waals surface area contributed by atoms with E-state index < -0.39 is 0 Å². The lowest BCUT2D eigenvalue weighted by molar-refractivity contribution is 0.205. The van der Waals surface area contributed by atoms with Gasteiger partial charge in [-0.1, -0.05) is 13.8 Å². The van der Waals surface area contributed by atoms with Crippen LogP contribution in [0.25, 0.3) is 0 Å². The lowest BCUT2D eigenvalue weighted by Crippen LogP contribution is -2.50. The van der Waals surface area contributed by atoms with Gasteiger partial charge in [-0.2, -0.15) is 11.8 Å². The Morgan fingerprint density at radius 2 is 2.06 bits per heavy atom. The summed E-state index contributed by atoms with van der Waals surface area (Å²) in [5.41, 5.74) is 0.482. The van der Waals surface area contributed by atoms with E-state index in [-0.39, 0.29) is 0 Å². The smallest absolute Gasteiger partial charge is 0.0210 e. The van der Waals surface area contributed by atoms with Gasteiger partial charge < -0.3 is 5.32 Å². The molecule has 2 nitrogen and oxygen atoms in total. The molecular formula is C14H28N2S. The number of rotatable bonds is 4. The Labute approximate surface area is 111 Å². The summed E-state index contributed by atoms with van der Waals surface area (Å²) < 4.78 is 0. The molecule has 0 amide bonds. The van der Waals surface area contributed by atoms with Crippen molar-refractivity contribution in [2.24, 2.45) is 5.41 Å². The molecule has 2 unspecified atom stereocenters. The first-order chi connectivity index (χ1) is 8.09. The van der Waals surface area contributed by atoms with E-state index in [9.17, 15) is 0 Å². The number of thioether (sulfide) groups is 1. The fraction of sp³-hybridized carbons (Fsp3) is 1.00. The van der Waals surface area contributed by atoms with Crippen LogP contribution in [-0.4, -0.2) is 48.1 Å². The minimum Gasteiger partial charge on any atom is -0.311 e. The van der Waals surface area contributed by atoms with Crippen molar-refractivity contribution in [3.8, 4) is 0 Å². The summed E-state index contributed by atoms with van der Waals surface area (Å²) >= 11 is 2.11. The van der Waals surface area contributed by atoms with Crippen LogP contribution in [0.15, 0.2) is 0 Å². The molecule has 2 aliphatic heterocycles. The molecule has 0 radical (unpaired) electrons. The number of hydrogen-bond donors (Lipinski definition) is 1. The summed E-state index contributed by atoms with van der Waals surface area (Å²) in [5, 5.41) is 3.83. The minimum absolute atomic E-state index is 0.482. The molecule has 100 valence electrons. The second kappa shape index (κ2) is 5.94. The van der Waals surface area contributed by atoms with Crippen molar-refractivity contribution in [3.05, 3.63) is 0 Å². The first-order valence-electron chi connectivity index (χ1n) is 7.15. The summed E-state index contributed by atoms with van der Waals surface area (Å²) in [6.45, 7) is 11.0. The normalized spacial score (nSPS) is 31.6. The van der Waals surface area contributed by atoms with Crippen molar-refractivity contribution in [2.45, 2.75) is 52.1 Å². The average molecular weight is 256 g/mol. The lowest BCUT2D eigenvalue weighted by atomic mass is 9.82. The largest absolute Gasteiger partial charge is 0.311 e. The Morgan fingerprint density at radius 1 is 1.35 bits per heavy atom. The highest BCUT2D eigenvalue weighted by Crippen LogP contribution is 2.34. The van der Waals surface area contributed by atoms with Crippen LogP contribution < -0.4 is 5.32 Å². The zero-order valence-corrected chi connectivity index (χ0v) is 12.5. The molecule has 1 N–H and O–H groups in total. The number of hydrogen-bond acceptors (Lipinski definition) is 3. The molecule has 17 heavy (non-hydrogen) atoms. The first-order valence-corrected chi connectivity index (χ1v) is 8.30. The third kappa shape index (κ3) is 3.62. The van der Waals surface area contributed by atoms with Gasteiger partial charge in [-0.3, -0.25) is 4.90 Å². The van der Waals surface area contributed by atoms with Gasteiger partial charge in [0.15, 0.2) is 0 Å². The second-order valence-corrected chi connectivity index (χ2v) is 7.52. The maximum absolute atomic E-state index is 3.83. The molecule has 0 bridgehead atoms. The highest BCUT2D eigenvalue weighted by atomic mass is 32.2. The summed E-state index contributed by atoms with van der Waals surface area (Å²) in [6.07, 6.45) is 4.15. The van der Waals surface area contributed by atoms with Crippen molar-refractivity contribution in [1.82, 2.24) is 10.2 Å². The zero-order chi connectivity index (χ0) is 12.3. The molecule has 2 saturated heterocycles. The van der Waals surface area contributed by atoms with E-state index in [1.807, 2.05) is 0 Å². The van der Waals surface area contributed by atoms with Crippen LogP contribution in [0.1, 0.15) is 40.0 Å². The first kappa shape index (κ1) is 13.7. The van der Waals surface area contributed by atoms with Gasteiger partial charge in [-0.25, -0.2) is 0 Å². The predicted molar refractivity (Wildman–Crippen MR) is 77.8 cm³/mol. The Bertz CT molecular complexity index is 236. The van der Waals surface area contributed by atoms with Crippen LogP contribution in [0, 0.1) is 5.41 Å². The highest BCUT2D eigenvalue weighted by molar-refractivity contribution is 7.99. The summed E-state index contributed by atoms with van der Waals surface area (Å²) in [6, 6.07) is 1.41. The molecule has 0 aromatic heterocycles. The second-order valence-electron chi connectivity index (χ2n) is 6.37. The Kier molecular flexibility index (Phi) is 4.79. The van der Waals surface area contributed by atoms with Gasteiger partial charge in [-0.05, 0) is 50.4 Å². The topological polar surface area (TPSA) is 15.3 Å². The van der Waals surface area contributed by atoms with Crippen LogP contribution in [0.4, 0.5) is 0 Å². The Hall–Kier alpha value is 0.270. The van der Waals surface area contributed by atoms with Crippen LogP contribution in [0.2, 0.25) is 0 Å². The van der Waals surface area contributed by atoms with E-state index in [0.717, 1.165) is 6.54 Å². The van der Waals surface area contributed by atoms with E-state index in [1.54, 1.807) is 0 Å². The molecular weight excluding hydrogens is 228 g/mol. The van der Waals surface area contributed by atoms with Crippen molar-refractivity contribution < 1.29 is 0 Å². The quantitative estimate of drug-likeness (QED) is 0.832. The fourth-order valence-electron chi connectivity index (χ4n) is 2.90. The molecule has 0 aromatic carbocycles. The fourth-order valence-corrected chi connectivity index (χ4v) is 4.54. The van der Waals surface area contributed by atoms with Crippen LogP contribution in [0.3, 0.4) is 0 Å². The van der Waals surface area contributed by atoms with E-state index in [1.165, 1.54) is 43.9 Å². The van der Waals surface area contributed by atoms with Crippen molar-refractivity contribution in [2.75, 3.05) is 31.1 Å². The van der Waals surface area contributed by atoms with Crippen LogP contribution in [0.5, 0.6) is 0 Å². The molecule has 2 atom stereocenters. The molecule has 0 aliphatic carbocycles. The maximum Gasteiger partial charge on any atom is 0.0210 e. The minimum atomic E-state index is 0.482. The molecule has 0 saturated carbocycles. The highest BCUT2D eigenvalue weighted by Gasteiger charge is 2.32. The van der Waals surface area contributed by atoms with E-state index in [4.69, 9.17) is 0 Å². The number of nitrogens with zero attached hydrogens (tertiary/aromatic N) is 1. The van der Waals surface area contributed by atoms with E-state index in [0.29, 0.717) is 17.5 Å². The molecule has 2 fully saturated rings. The van der Waals surface area contributed by atoms with Gasteiger partial charge in [0.2, 0.25) is 0 Å². The standard InChI is InChI=1S/C14H28N2S/c1-12(16-7-4-5-8-16)10-15-13-11-17-9-6-14(13,2)3/h12-13,15H,4-11H2,1-3H3. The lowest BCUT2D eigenvalue weighted by Gasteiger charge is -2.40. The summed E-state index contributed by atoms with van der Waals surface area (Å²) in [4.78, 5) is 2.63. The van der Waals surface area contributed by atoms with Crippen LogP contribution in [-0.2, 0) is 0 Å². The monoisotopic (exact) mass is 256 g/mol. The zero-order valence-electron chi connectivity index (χ0n) is 11.7. The van der Waals surface area contributed by atoms with Gasteiger partial charge in [0, 0.05) is 24.4 Å². The maximum atomic E-state index is 3.83. The van der Waals surface area contributed by atoms with Crippen LogP contribution >= 0.6 is 11.8 Å². The molecule has 2 heterocycles. The average Bonchev–Trinajstić information content (AvgIpc) is 2.80. The summed E-state index contributed by atoms with van der Waals surface area (Å²) in [5.74, 6) is 2.63. The molecule has 2 rings (SSSR count). The van der Waals surface area contributed by atoms with Gasteiger partial charge >= 0.3 is 0 Å². The van der Waals surface area contributed by atoms with Gasteiger partial charge in [-0.15, -0.1) is 0 Å². The Morgan fingerprint density at radius 3 is 2.71 bits per heavy atom. The van der Waals surface area contributed by atoms with Crippen molar-refractivity contribution >= 4 is 11.8 Å². The summed E-state index contributed by atoms with van der Waals surface area (Å²) in [7, 11) is 0. The third-order valence-corrected chi connectivity index (χ3v) is 5.60. The van der Waals surface area contributed by atoms with E-state index >= 15 is 0 Å². The number of nitrogens with one attached hydrogen (secondary N) is 1. The third-order valence-electron chi connectivity index (χ3n) is 4.54. The van der Waals surface area contributed by atoms with Gasteiger partial charge in [0.05, 0.1) is 0 Å². The predicted octanol–water partition coefficient (Wildman–Crippen LogP) is 2.59. The van der Waals surface area contributed by atoms with Gasteiger partial charge in [0.1, 0.15) is 0 Å². The molecule has 0 spiro atoms. The molecule has 2 aliphatic rings. The Balaban J connectivity index is 1.76. The molecule has 0 aromatic rings. The number of likely N-dealkylation sites (tertiary alicyclic amines) is 1. The SMILES string of the molecule is CC(CNC1CSCCC1(C)C)N1CCCC1. The molecule has 3 heteroatoms. The van der Waals surface area contributed by atoms with E-state index in [2.05, 4.69) is 42.7 Å².